The highest BCUT2D eigenvalue weighted by molar-refractivity contribution is 6.35. The zero-order valence-electron chi connectivity index (χ0n) is 7.43. The fourth-order valence-corrected chi connectivity index (χ4v) is 0.682. The van der Waals surface area contributed by atoms with E-state index in [1.165, 1.54) is 7.11 Å². The predicted molar refractivity (Wildman–Crippen MR) is 48.6 cm³/mol. The maximum Gasteiger partial charge on any atom is 0.309 e. The number of carbonyl (C=O) groups excluding carboxylic acids is 2. The van der Waals surface area contributed by atoms with Crippen molar-refractivity contribution < 1.29 is 14.3 Å². The Hall–Kier alpha value is -0.810. The number of alkyl halides is 1. The molecule has 0 aliphatic rings. The first-order chi connectivity index (χ1) is 6.22. The largest absolute Gasteiger partial charge is 0.383 e. The van der Waals surface area contributed by atoms with Gasteiger partial charge in [-0.15, -0.1) is 11.6 Å². The van der Waals surface area contributed by atoms with Crippen LogP contribution in [-0.4, -0.2) is 44.5 Å². The van der Waals surface area contributed by atoms with Gasteiger partial charge in [0, 0.05) is 26.1 Å². The van der Waals surface area contributed by atoms with Gasteiger partial charge in [0.1, 0.15) is 0 Å². The number of amides is 2. The number of halogens is 1. The zero-order valence-corrected chi connectivity index (χ0v) is 8.19. The van der Waals surface area contributed by atoms with Gasteiger partial charge in [0.05, 0.1) is 6.61 Å². The molecule has 0 rings (SSSR count). The average Bonchev–Trinajstić information content (AvgIpc) is 2.14. The van der Waals surface area contributed by atoms with Gasteiger partial charge < -0.3 is 15.4 Å². The Labute approximate surface area is 81.8 Å². The van der Waals surface area contributed by atoms with Gasteiger partial charge in [-0.2, -0.15) is 0 Å². The molecule has 0 unspecified atom stereocenters. The number of methoxy groups -OCH3 is 1. The molecule has 0 aromatic carbocycles. The average molecular weight is 209 g/mol. The Morgan fingerprint density at radius 1 is 1.23 bits per heavy atom. The first kappa shape index (κ1) is 12.2. The van der Waals surface area contributed by atoms with Gasteiger partial charge in [-0.1, -0.05) is 0 Å². The summed E-state index contributed by atoms with van der Waals surface area (Å²) in [5.41, 5.74) is 0. The smallest absolute Gasteiger partial charge is 0.309 e. The first-order valence-electron chi connectivity index (χ1n) is 3.83. The van der Waals surface area contributed by atoms with Crippen LogP contribution in [0.3, 0.4) is 0 Å². The Morgan fingerprint density at radius 2 is 1.77 bits per heavy atom. The Bertz CT molecular complexity index is 175. The fourth-order valence-electron chi connectivity index (χ4n) is 0.588. The van der Waals surface area contributed by atoms with Crippen molar-refractivity contribution in [3.05, 3.63) is 0 Å². The molecular formula is C7H13ClN2O3. The van der Waals surface area contributed by atoms with Crippen LogP contribution in [0, 0.1) is 0 Å². The van der Waals surface area contributed by atoms with Crippen molar-refractivity contribution in [2.45, 2.75) is 0 Å². The number of carbonyl (C=O) groups is 2. The highest BCUT2D eigenvalue weighted by Crippen LogP contribution is 1.73. The Balaban J connectivity index is 3.51. The van der Waals surface area contributed by atoms with Crippen LogP contribution in [0.4, 0.5) is 0 Å². The molecule has 0 heterocycles. The molecule has 0 aliphatic heterocycles. The first-order valence-corrected chi connectivity index (χ1v) is 4.36. The molecule has 0 spiro atoms. The molecule has 6 heteroatoms. The number of rotatable bonds is 5. The summed E-state index contributed by atoms with van der Waals surface area (Å²) in [4.78, 5) is 21.8. The minimum atomic E-state index is -0.670. The third-order valence-corrected chi connectivity index (χ3v) is 1.37. The van der Waals surface area contributed by atoms with E-state index in [1.54, 1.807) is 0 Å². The lowest BCUT2D eigenvalue weighted by Gasteiger charge is -2.03. The number of nitrogens with one attached hydrogen (secondary N) is 2. The second-order valence-corrected chi connectivity index (χ2v) is 2.57. The summed E-state index contributed by atoms with van der Waals surface area (Å²) in [6, 6.07) is 0. The standard InChI is InChI=1S/C7H13ClN2O3/c1-13-5-4-10-7(12)6(11)9-3-2-8/h2-5H2,1H3,(H,9,11)(H,10,12). The maximum atomic E-state index is 10.9. The van der Waals surface area contributed by atoms with Crippen LogP contribution in [0.5, 0.6) is 0 Å². The van der Waals surface area contributed by atoms with E-state index in [4.69, 9.17) is 11.6 Å². The molecule has 13 heavy (non-hydrogen) atoms. The van der Waals surface area contributed by atoms with Crippen molar-refractivity contribution in [1.29, 1.82) is 0 Å². The molecule has 5 nitrogen and oxygen atoms in total. The van der Waals surface area contributed by atoms with Crippen molar-refractivity contribution in [1.82, 2.24) is 10.6 Å². The second kappa shape index (κ2) is 7.82. The Kier molecular flexibility index (Phi) is 7.33. The summed E-state index contributed by atoms with van der Waals surface area (Å²) in [5.74, 6) is -1.05. The van der Waals surface area contributed by atoms with Gasteiger partial charge in [0.15, 0.2) is 0 Å². The molecule has 0 atom stereocenters. The monoisotopic (exact) mass is 208 g/mol. The molecule has 2 amide bonds. The quantitative estimate of drug-likeness (QED) is 0.350. The lowest BCUT2D eigenvalue weighted by atomic mass is 10.5. The van der Waals surface area contributed by atoms with Gasteiger partial charge in [-0.05, 0) is 0 Å². The van der Waals surface area contributed by atoms with Crippen molar-refractivity contribution in [3.8, 4) is 0 Å². The van der Waals surface area contributed by atoms with Gasteiger partial charge in [-0.25, -0.2) is 0 Å². The molecular weight excluding hydrogens is 196 g/mol. The summed E-state index contributed by atoms with van der Waals surface area (Å²) < 4.78 is 4.69. The van der Waals surface area contributed by atoms with Gasteiger partial charge in [0.2, 0.25) is 0 Å². The minimum Gasteiger partial charge on any atom is -0.383 e. The van der Waals surface area contributed by atoms with Crippen LogP contribution in [-0.2, 0) is 14.3 Å². The van der Waals surface area contributed by atoms with Crippen LogP contribution in [0.1, 0.15) is 0 Å². The van der Waals surface area contributed by atoms with Crippen LogP contribution < -0.4 is 10.6 Å². The van der Waals surface area contributed by atoms with Gasteiger partial charge >= 0.3 is 11.8 Å². The zero-order chi connectivity index (χ0) is 10.1. The number of hydrogen-bond acceptors (Lipinski definition) is 3. The van der Waals surface area contributed by atoms with Crippen molar-refractivity contribution in [2.24, 2.45) is 0 Å². The summed E-state index contributed by atoms with van der Waals surface area (Å²) in [6.07, 6.45) is 0. The fraction of sp³-hybridized carbons (Fsp3) is 0.714. The molecule has 0 aromatic heterocycles. The molecule has 0 aromatic rings. The molecule has 76 valence electrons. The van der Waals surface area contributed by atoms with Crippen LogP contribution in [0.15, 0.2) is 0 Å². The lowest BCUT2D eigenvalue weighted by molar-refractivity contribution is -0.139. The third-order valence-electron chi connectivity index (χ3n) is 1.18. The summed E-state index contributed by atoms with van der Waals surface area (Å²) in [6.45, 7) is 0.996. The van der Waals surface area contributed by atoms with Gasteiger partial charge in [0.25, 0.3) is 0 Å². The molecule has 2 N–H and O–H groups in total. The van der Waals surface area contributed by atoms with Crippen LogP contribution >= 0.6 is 11.6 Å². The van der Waals surface area contributed by atoms with Crippen molar-refractivity contribution in [2.75, 3.05) is 32.7 Å². The molecule has 0 bridgehead atoms. The van der Waals surface area contributed by atoms with E-state index in [1.807, 2.05) is 0 Å². The molecule has 0 saturated carbocycles. The SMILES string of the molecule is COCCNC(=O)C(=O)NCCCl. The molecule has 0 radical (unpaired) electrons. The summed E-state index contributed by atoms with van der Waals surface area (Å²) >= 11 is 5.31. The summed E-state index contributed by atoms with van der Waals surface area (Å²) in [7, 11) is 1.51. The van der Waals surface area contributed by atoms with Crippen molar-refractivity contribution >= 4 is 23.4 Å². The highest BCUT2D eigenvalue weighted by atomic mass is 35.5. The van der Waals surface area contributed by atoms with Crippen LogP contribution in [0.2, 0.25) is 0 Å². The van der Waals surface area contributed by atoms with E-state index in [9.17, 15) is 9.59 Å². The Morgan fingerprint density at radius 3 is 2.23 bits per heavy atom. The number of ether oxygens (including phenoxy) is 1. The van der Waals surface area contributed by atoms with Crippen molar-refractivity contribution in [3.63, 3.8) is 0 Å². The normalized spacial score (nSPS) is 9.38. The topological polar surface area (TPSA) is 67.4 Å². The molecule has 0 saturated heterocycles. The predicted octanol–water partition coefficient (Wildman–Crippen LogP) is -0.896. The van der Waals surface area contributed by atoms with E-state index >= 15 is 0 Å². The third kappa shape index (κ3) is 6.36. The molecule has 0 aliphatic carbocycles. The van der Waals surface area contributed by atoms with E-state index in [0.717, 1.165) is 0 Å². The highest BCUT2D eigenvalue weighted by Gasteiger charge is 2.10. The van der Waals surface area contributed by atoms with E-state index in [2.05, 4.69) is 15.4 Å². The maximum absolute atomic E-state index is 10.9. The number of hydrogen-bond donors (Lipinski definition) is 2. The van der Waals surface area contributed by atoms with E-state index in [0.29, 0.717) is 13.2 Å². The molecule has 0 fully saturated rings. The van der Waals surface area contributed by atoms with Crippen LogP contribution in [0.25, 0.3) is 0 Å². The van der Waals surface area contributed by atoms with Gasteiger partial charge in [-0.3, -0.25) is 9.59 Å². The van der Waals surface area contributed by atoms with E-state index < -0.39 is 11.8 Å². The second-order valence-electron chi connectivity index (χ2n) is 2.19. The van der Waals surface area contributed by atoms with E-state index in [-0.39, 0.29) is 12.4 Å². The minimum absolute atomic E-state index is 0.289. The summed E-state index contributed by atoms with van der Waals surface area (Å²) in [5, 5.41) is 4.71. The lowest BCUT2D eigenvalue weighted by Crippen LogP contribution is -2.41.